The molecule has 5 heteroatoms. The molecule has 0 atom stereocenters. The Bertz CT molecular complexity index is 590. The molecule has 2 aromatic rings. The average Bonchev–Trinajstić information content (AvgIpc) is 2.84. The lowest BCUT2D eigenvalue weighted by Crippen LogP contribution is -2.19. The van der Waals surface area contributed by atoms with E-state index in [1.807, 2.05) is 0 Å². The van der Waals surface area contributed by atoms with Crippen LogP contribution in [0, 0.1) is 5.92 Å². The molecule has 0 saturated carbocycles. The monoisotopic (exact) mass is 306 g/mol. The highest BCUT2D eigenvalue weighted by atomic mass is 35.5. The molecule has 114 valence electrons. The predicted octanol–water partition coefficient (Wildman–Crippen LogP) is 3.79. The molecule has 0 unspecified atom stereocenters. The van der Waals surface area contributed by atoms with E-state index >= 15 is 0 Å². The van der Waals surface area contributed by atoms with E-state index in [2.05, 4.69) is 55.2 Å². The summed E-state index contributed by atoms with van der Waals surface area (Å²) in [6, 6.07) is 4.22. The predicted molar refractivity (Wildman–Crippen MR) is 87.0 cm³/mol. The number of rotatable bonds is 6. The second-order valence-electron chi connectivity index (χ2n) is 6.04. The standard InChI is InChI=1S/C16H23ClN4/c1-11(2)7-18-8-13-5-15(12(3)4)20-16(6-13)21-10-14(17)9-19-21/h5-6,9-12,18H,7-8H2,1-4H3. The van der Waals surface area contributed by atoms with Gasteiger partial charge in [-0.2, -0.15) is 5.10 Å². The third-order valence-electron chi connectivity index (χ3n) is 3.15. The molecule has 21 heavy (non-hydrogen) atoms. The Kier molecular flexibility index (Phi) is 5.37. The summed E-state index contributed by atoms with van der Waals surface area (Å²) in [7, 11) is 0. The van der Waals surface area contributed by atoms with Crippen molar-refractivity contribution in [1.82, 2.24) is 20.1 Å². The Morgan fingerprint density at radius 2 is 2.00 bits per heavy atom. The Hall–Kier alpha value is -1.39. The van der Waals surface area contributed by atoms with Crippen molar-refractivity contribution < 1.29 is 0 Å². The number of hydrogen-bond donors (Lipinski definition) is 1. The summed E-state index contributed by atoms with van der Waals surface area (Å²) in [6.07, 6.45) is 3.40. The molecule has 0 saturated heterocycles. The lowest BCUT2D eigenvalue weighted by molar-refractivity contribution is 0.551. The Labute approximate surface area is 131 Å². The molecule has 0 aliphatic heterocycles. The van der Waals surface area contributed by atoms with E-state index in [0.717, 1.165) is 24.6 Å². The molecular weight excluding hydrogens is 284 g/mol. The van der Waals surface area contributed by atoms with Gasteiger partial charge in [-0.15, -0.1) is 0 Å². The molecule has 2 aromatic heterocycles. The highest BCUT2D eigenvalue weighted by Crippen LogP contribution is 2.18. The maximum absolute atomic E-state index is 5.95. The van der Waals surface area contributed by atoms with Gasteiger partial charge in [0.25, 0.3) is 0 Å². The minimum absolute atomic E-state index is 0.375. The smallest absolute Gasteiger partial charge is 0.153 e. The van der Waals surface area contributed by atoms with Crippen molar-refractivity contribution >= 4 is 11.6 Å². The Balaban J connectivity index is 2.26. The molecule has 2 rings (SSSR count). The quantitative estimate of drug-likeness (QED) is 0.883. The van der Waals surface area contributed by atoms with Crippen LogP contribution in [0.5, 0.6) is 0 Å². The zero-order valence-corrected chi connectivity index (χ0v) is 13.9. The first-order valence-electron chi connectivity index (χ1n) is 7.38. The summed E-state index contributed by atoms with van der Waals surface area (Å²) in [6.45, 7) is 10.5. The number of nitrogens with one attached hydrogen (secondary N) is 1. The first kappa shape index (κ1) is 16.0. The van der Waals surface area contributed by atoms with Crippen molar-refractivity contribution in [3.05, 3.63) is 40.8 Å². The zero-order valence-electron chi connectivity index (χ0n) is 13.1. The van der Waals surface area contributed by atoms with Gasteiger partial charge in [-0.05, 0) is 36.1 Å². The Morgan fingerprint density at radius 3 is 2.57 bits per heavy atom. The van der Waals surface area contributed by atoms with Crippen molar-refractivity contribution in [2.45, 2.75) is 40.2 Å². The van der Waals surface area contributed by atoms with Crippen LogP contribution in [0.4, 0.5) is 0 Å². The first-order chi connectivity index (χ1) is 9.95. The SMILES string of the molecule is CC(C)CNCc1cc(C(C)C)nc(-n2cc(Cl)cn2)c1. The van der Waals surface area contributed by atoms with Crippen molar-refractivity contribution in [1.29, 1.82) is 0 Å². The van der Waals surface area contributed by atoms with Gasteiger partial charge in [0.15, 0.2) is 5.82 Å². The lowest BCUT2D eigenvalue weighted by Gasteiger charge is -2.12. The number of pyridine rings is 1. The van der Waals surface area contributed by atoms with Crippen LogP contribution in [-0.2, 0) is 6.54 Å². The fraction of sp³-hybridized carbons (Fsp3) is 0.500. The highest BCUT2D eigenvalue weighted by molar-refractivity contribution is 6.30. The maximum atomic E-state index is 5.95. The molecule has 1 N–H and O–H groups in total. The van der Waals surface area contributed by atoms with Crippen LogP contribution in [0.25, 0.3) is 5.82 Å². The molecule has 0 spiro atoms. The van der Waals surface area contributed by atoms with Crippen LogP contribution in [0.3, 0.4) is 0 Å². The largest absolute Gasteiger partial charge is 0.312 e. The summed E-state index contributed by atoms with van der Waals surface area (Å²) in [4.78, 5) is 4.67. The van der Waals surface area contributed by atoms with Gasteiger partial charge in [-0.25, -0.2) is 9.67 Å². The fourth-order valence-electron chi connectivity index (χ4n) is 2.04. The molecule has 0 aliphatic carbocycles. The van der Waals surface area contributed by atoms with E-state index in [4.69, 9.17) is 11.6 Å². The van der Waals surface area contributed by atoms with Crippen molar-refractivity contribution in [2.75, 3.05) is 6.54 Å². The van der Waals surface area contributed by atoms with Gasteiger partial charge < -0.3 is 5.32 Å². The second-order valence-corrected chi connectivity index (χ2v) is 6.48. The van der Waals surface area contributed by atoms with Gasteiger partial charge >= 0.3 is 0 Å². The zero-order chi connectivity index (χ0) is 15.4. The molecule has 0 aliphatic rings. The Morgan fingerprint density at radius 1 is 1.24 bits per heavy atom. The fourth-order valence-corrected chi connectivity index (χ4v) is 2.18. The third kappa shape index (κ3) is 4.55. The first-order valence-corrected chi connectivity index (χ1v) is 7.75. The van der Waals surface area contributed by atoms with Gasteiger partial charge in [-0.1, -0.05) is 39.3 Å². The van der Waals surface area contributed by atoms with E-state index in [9.17, 15) is 0 Å². The van der Waals surface area contributed by atoms with Crippen LogP contribution in [0.1, 0.15) is 44.9 Å². The number of nitrogens with zero attached hydrogens (tertiary/aromatic N) is 3. The van der Waals surface area contributed by atoms with Crippen LogP contribution in [0.2, 0.25) is 5.02 Å². The van der Waals surface area contributed by atoms with Gasteiger partial charge in [0.1, 0.15) is 0 Å². The number of aromatic nitrogens is 3. The second kappa shape index (κ2) is 7.05. The minimum atomic E-state index is 0.375. The molecular formula is C16H23ClN4. The molecule has 0 radical (unpaired) electrons. The van der Waals surface area contributed by atoms with E-state index < -0.39 is 0 Å². The maximum Gasteiger partial charge on any atom is 0.153 e. The summed E-state index contributed by atoms with van der Waals surface area (Å²) in [5, 5.41) is 8.32. The van der Waals surface area contributed by atoms with Gasteiger partial charge in [0.2, 0.25) is 0 Å². The molecule has 0 amide bonds. The minimum Gasteiger partial charge on any atom is -0.312 e. The summed E-state index contributed by atoms with van der Waals surface area (Å²) < 4.78 is 1.72. The number of halogens is 1. The highest BCUT2D eigenvalue weighted by Gasteiger charge is 2.09. The van der Waals surface area contributed by atoms with E-state index in [1.165, 1.54) is 5.56 Å². The van der Waals surface area contributed by atoms with Crippen molar-refractivity contribution in [3.8, 4) is 5.82 Å². The van der Waals surface area contributed by atoms with Crippen LogP contribution < -0.4 is 5.32 Å². The van der Waals surface area contributed by atoms with Crippen LogP contribution >= 0.6 is 11.6 Å². The summed E-state index contributed by atoms with van der Waals surface area (Å²) >= 11 is 5.95. The topological polar surface area (TPSA) is 42.7 Å². The van der Waals surface area contributed by atoms with Gasteiger partial charge in [0, 0.05) is 12.2 Å². The normalized spacial score (nSPS) is 11.6. The van der Waals surface area contributed by atoms with E-state index in [1.54, 1.807) is 17.1 Å². The van der Waals surface area contributed by atoms with Crippen LogP contribution in [0.15, 0.2) is 24.5 Å². The molecule has 0 bridgehead atoms. The van der Waals surface area contributed by atoms with Crippen molar-refractivity contribution in [3.63, 3.8) is 0 Å². The van der Waals surface area contributed by atoms with E-state index in [0.29, 0.717) is 16.9 Å². The van der Waals surface area contributed by atoms with Gasteiger partial charge in [0.05, 0.1) is 17.4 Å². The molecule has 2 heterocycles. The molecule has 0 aromatic carbocycles. The third-order valence-corrected chi connectivity index (χ3v) is 3.35. The van der Waals surface area contributed by atoms with E-state index in [-0.39, 0.29) is 0 Å². The average molecular weight is 307 g/mol. The van der Waals surface area contributed by atoms with Gasteiger partial charge in [-0.3, -0.25) is 0 Å². The summed E-state index contributed by atoms with van der Waals surface area (Å²) in [5.41, 5.74) is 2.29. The number of hydrogen-bond acceptors (Lipinski definition) is 3. The summed E-state index contributed by atoms with van der Waals surface area (Å²) in [5.74, 6) is 1.83. The molecule has 0 fully saturated rings. The van der Waals surface area contributed by atoms with Crippen molar-refractivity contribution in [2.24, 2.45) is 5.92 Å². The lowest BCUT2D eigenvalue weighted by atomic mass is 10.1. The van der Waals surface area contributed by atoms with Crippen LogP contribution in [-0.4, -0.2) is 21.3 Å². The molecule has 4 nitrogen and oxygen atoms in total.